The van der Waals surface area contributed by atoms with Crippen LogP contribution in [-0.4, -0.2) is 31.7 Å². The van der Waals surface area contributed by atoms with Crippen LogP contribution in [0.5, 0.6) is 11.5 Å². The molecule has 0 aliphatic heterocycles. The van der Waals surface area contributed by atoms with Crippen LogP contribution in [-0.2, 0) is 4.79 Å². The molecule has 0 bridgehead atoms. The first-order valence-electron chi connectivity index (χ1n) is 10.9. The molecule has 0 radical (unpaired) electrons. The summed E-state index contributed by atoms with van der Waals surface area (Å²) in [6.07, 6.45) is 3.99. The summed E-state index contributed by atoms with van der Waals surface area (Å²) in [5.74, 6) is 0.454. The number of ether oxygens (including phenoxy) is 2. The van der Waals surface area contributed by atoms with Gasteiger partial charge in [0.25, 0.3) is 11.8 Å². The number of nitrogens with zero attached hydrogens (tertiary/aromatic N) is 1. The third-order valence-corrected chi connectivity index (χ3v) is 4.67. The molecule has 3 aromatic rings. The summed E-state index contributed by atoms with van der Waals surface area (Å²) in [5.41, 5.74) is 4.43. The summed E-state index contributed by atoms with van der Waals surface area (Å²) in [6.45, 7) is 2.66. The van der Waals surface area contributed by atoms with Gasteiger partial charge in [0.05, 0.1) is 19.9 Å². The third kappa shape index (κ3) is 7.34. The van der Waals surface area contributed by atoms with E-state index < -0.39 is 11.8 Å². The number of hydrogen-bond acceptors (Lipinski definition) is 5. The lowest BCUT2D eigenvalue weighted by atomic mass is 10.1. The van der Waals surface area contributed by atoms with Gasteiger partial charge in [-0.3, -0.25) is 9.59 Å². The molecule has 0 spiro atoms. The molecule has 174 valence electrons. The van der Waals surface area contributed by atoms with Crippen LogP contribution < -0.4 is 20.2 Å². The Morgan fingerprint density at radius 2 is 1.68 bits per heavy atom. The molecule has 2 amide bonds. The van der Waals surface area contributed by atoms with Gasteiger partial charge in [-0.15, -0.1) is 0 Å². The van der Waals surface area contributed by atoms with E-state index >= 15 is 0 Å². The number of methoxy groups -OCH3 is 1. The van der Waals surface area contributed by atoms with Crippen molar-refractivity contribution < 1.29 is 19.1 Å². The van der Waals surface area contributed by atoms with Crippen molar-refractivity contribution in [2.45, 2.75) is 13.3 Å². The largest absolute Gasteiger partial charge is 0.497 e. The Morgan fingerprint density at radius 1 is 0.912 bits per heavy atom. The molecule has 2 N–H and O–H groups in total. The first kappa shape index (κ1) is 24.3. The maximum absolute atomic E-state index is 12.9. The summed E-state index contributed by atoms with van der Waals surface area (Å²) in [5, 5.41) is 6.70. The molecule has 0 saturated carbocycles. The van der Waals surface area contributed by atoms with Gasteiger partial charge in [0.2, 0.25) is 0 Å². The highest BCUT2D eigenvalue weighted by atomic mass is 16.5. The second kappa shape index (κ2) is 12.6. The number of hydrogen-bond donors (Lipinski definition) is 2. The molecule has 3 rings (SSSR count). The molecule has 0 aromatic heterocycles. The zero-order chi connectivity index (χ0) is 24.2. The minimum atomic E-state index is -0.560. The van der Waals surface area contributed by atoms with E-state index in [1.54, 1.807) is 43.5 Å². The summed E-state index contributed by atoms with van der Waals surface area (Å²) >= 11 is 0. The van der Waals surface area contributed by atoms with Crippen LogP contribution in [0.1, 0.15) is 34.8 Å². The summed E-state index contributed by atoms with van der Waals surface area (Å²) < 4.78 is 10.8. The second-order valence-electron chi connectivity index (χ2n) is 7.27. The lowest BCUT2D eigenvalue weighted by Crippen LogP contribution is -2.32. The van der Waals surface area contributed by atoms with Gasteiger partial charge in [-0.25, -0.2) is 5.43 Å². The molecule has 0 aliphatic rings. The second-order valence-corrected chi connectivity index (χ2v) is 7.27. The minimum Gasteiger partial charge on any atom is -0.497 e. The van der Waals surface area contributed by atoms with Crippen LogP contribution in [0.25, 0.3) is 6.08 Å². The average Bonchev–Trinajstić information content (AvgIpc) is 2.88. The van der Waals surface area contributed by atoms with Gasteiger partial charge in [-0.2, -0.15) is 5.10 Å². The highest BCUT2D eigenvalue weighted by molar-refractivity contribution is 6.05. The van der Waals surface area contributed by atoms with Crippen LogP contribution in [0.3, 0.4) is 0 Å². The smallest absolute Gasteiger partial charge is 0.287 e. The Morgan fingerprint density at radius 3 is 2.38 bits per heavy atom. The van der Waals surface area contributed by atoms with Gasteiger partial charge in [-0.1, -0.05) is 49.4 Å². The van der Waals surface area contributed by atoms with Crippen molar-refractivity contribution in [2.24, 2.45) is 5.10 Å². The van der Waals surface area contributed by atoms with Crippen molar-refractivity contribution in [1.82, 2.24) is 10.7 Å². The van der Waals surface area contributed by atoms with Gasteiger partial charge in [0.15, 0.2) is 0 Å². The fraction of sp³-hybridized carbons (Fsp3) is 0.148. The maximum Gasteiger partial charge on any atom is 0.287 e. The highest BCUT2D eigenvalue weighted by Crippen LogP contribution is 2.15. The van der Waals surface area contributed by atoms with E-state index in [1.165, 1.54) is 6.21 Å². The van der Waals surface area contributed by atoms with Crippen LogP contribution >= 0.6 is 0 Å². The highest BCUT2D eigenvalue weighted by Gasteiger charge is 2.14. The predicted octanol–water partition coefficient (Wildman–Crippen LogP) is 4.41. The molecule has 3 aromatic carbocycles. The number of amides is 2. The number of rotatable bonds is 10. The average molecular weight is 458 g/mol. The molecule has 0 heterocycles. The van der Waals surface area contributed by atoms with E-state index in [0.29, 0.717) is 17.9 Å². The fourth-order valence-electron chi connectivity index (χ4n) is 2.94. The molecule has 34 heavy (non-hydrogen) atoms. The lowest BCUT2D eigenvalue weighted by Gasteiger charge is -2.10. The van der Waals surface area contributed by atoms with Crippen molar-refractivity contribution in [3.63, 3.8) is 0 Å². The van der Waals surface area contributed by atoms with E-state index in [2.05, 4.69) is 15.8 Å². The van der Waals surface area contributed by atoms with Gasteiger partial charge >= 0.3 is 0 Å². The number of hydrazone groups is 1. The van der Waals surface area contributed by atoms with Crippen LogP contribution in [0.2, 0.25) is 0 Å². The quantitative estimate of drug-likeness (QED) is 0.268. The monoisotopic (exact) mass is 457 g/mol. The standard InChI is InChI=1S/C27H27N3O4/c1-3-16-34-23-14-12-20(13-15-23)18-25(29-26(31)22-9-5-4-6-10-22)27(32)30-28-19-21-8-7-11-24(17-21)33-2/h4-15,17-19H,3,16H2,1-2H3,(H,29,31)(H,30,32). The van der Waals surface area contributed by atoms with Gasteiger partial charge in [0, 0.05) is 5.56 Å². The molecule has 7 heteroatoms. The first-order chi connectivity index (χ1) is 16.6. The Balaban J connectivity index is 1.78. The molecule has 0 unspecified atom stereocenters. The van der Waals surface area contributed by atoms with Crippen LogP contribution in [0.4, 0.5) is 0 Å². The van der Waals surface area contributed by atoms with Crippen molar-refractivity contribution in [3.8, 4) is 11.5 Å². The van der Waals surface area contributed by atoms with E-state index in [9.17, 15) is 9.59 Å². The van der Waals surface area contributed by atoms with Crippen molar-refractivity contribution in [2.75, 3.05) is 13.7 Å². The molecule has 0 saturated heterocycles. The number of nitrogens with one attached hydrogen (secondary N) is 2. The fourth-order valence-corrected chi connectivity index (χ4v) is 2.94. The first-order valence-corrected chi connectivity index (χ1v) is 10.9. The molecule has 7 nitrogen and oxygen atoms in total. The maximum atomic E-state index is 12.9. The van der Waals surface area contributed by atoms with Gasteiger partial charge in [-0.05, 0) is 60.0 Å². The van der Waals surface area contributed by atoms with E-state index in [1.807, 2.05) is 55.5 Å². The predicted molar refractivity (Wildman–Crippen MR) is 133 cm³/mol. The Labute approximate surface area is 199 Å². The SMILES string of the molecule is CCCOc1ccc(C=C(NC(=O)c2ccccc2)C(=O)NN=Cc2cccc(OC)c2)cc1. The third-order valence-electron chi connectivity index (χ3n) is 4.67. The number of benzene rings is 3. The van der Waals surface area contributed by atoms with Crippen LogP contribution in [0, 0.1) is 0 Å². The summed E-state index contributed by atoms with van der Waals surface area (Å²) in [6, 6.07) is 23.2. The number of carbonyl (C=O) groups excluding carboxylic acids is 2. The van der Waals surface area contributed by atoms with E-state index in [0.717, 1.165) is 23.3 Å². The Bertz CT molecular complexity index is 1160. The topological polar surface area (TPSA) is 89.0 Å². The lowest BCUT2D eigenvalue weighted by molar-refractivity contribution is -0.117. The number of carbonyl (C=O) groups is 2. The van der Waals surface area contributed by atoms with Gasteiger partial charge in [0.1, 0.15) is 17.2 Å². The van der Waals surface area contributed by atoms with Crippen LogP contribution in [0.15, 0.2) is 89.7 Å². The molecule has 0 aliphatic carbocycles. The normalized spacial score (nSPS) is 11.2. The van der Waals surface area contributed by atoms with E-state index in [4.69, 9.17) is 9.47 Å². The van der Waals surface area contributed by atoms with E-state index in [-0.39, 0.29) is 5.70 Å². The zero-order valence-corrected chi connectivity index (χ0v) is 19.2. The van der Waals surface area contributed by atoms with Crippen molar-refractivity contribution in [3.05, 3.63) is 101 Å². The minimum absolute atomic E-state index is 0.0545. The molecular weight excluding hydrogens is 430 g/mol. The Hall–Kier alpha value is -4.39. The molecular formula is C27H27N3O4. The summed E-state index contributed by atoms with van der Waals surface area (Å²) in [7, 11) is 1.58. The zero-order valence-electron chi connectivity index (χ0n) is 19.2. The Kier molecular flexibility index (Phi) is 8.99. The molecule has 0 fully saturated rings. The van der Waals surface area contributed by atoms with Crippen molar-refractivity contribution >= 4 is 24.1 Å². The van der Waals surface area contributed by atoms with Crippen molar-refractivity contribution in [1.29, 1.82) is 0 Å². The molecule has 0 atom stereocenters. The van der Waals surface area contributed by atoms with Gasteiger partial charge < -0.3 is 14.8 Å². The summed E-state index contributed by atoms with van der Waals surface area (Å²) in [4.78, 5) is 25.6.